The van der Waals surface area contributed by atoms with Crippen molar-refractivity contribution in [3.05, 3.63) is 154 Å². The molecule has 2 aromatic heterocycles. The lowest BCUT2D eigenvalue weighted by atomic mass is 9.69. The second-order valence-corrected chi connectivity index (χ2v) is 15.8. The number of hydrogen-bond acceptors (Lipinski definition) is 5. The van der Waals surface area contributed by atoms with E-state index in [9.17, 15) is 15.8 Å². The van der Waals surface area contributed by atoms with Gasteiger partial charge in [-0.05, 0) is 84.0 Å². The molecule has 1 aliphatic carbocycles. The minimum absolute atomic E-state index is 0.00824. The van der Waals surface area contributed by atoms with E-state index in [2.05, 4.69) is 86.0 Å². The molecule has 0 amide bonds. The molecule has 0 saturated heterocycles. The van der Waals surface area contributed by atoms with E-state index in [0.29, 0.717) is 6.42 Å². The third-order valence-electron chi connectivity index (χ3n) is 11.1. The molecule has 0 spiro atoms. The number of thiol groups is 1. The van der Waals surface area contributed by atoms with Gasteiger partial charge in [0.15, 0.2) is 11.3 Å². The molecule has 1 fully saturated rings. The van der Waals surface area contributed by atoms with Crippen molar-refractivity contribution in [1.82, 2.24) is 4.40 Å². The van der Waals surface area contributed by atoms with Gasteiger partial charge in [0.05, 0.1) is 5.69 Å². The molecule has 56 heavy (non-hydrogen) atoms. The monoisotopic (exact) mass is 764 g/mol. The molecule has 3 unspecified atom stereocenters. The highest BCUT2D eigenvalue weighted by Crippen LogP contribution is 2.57. The van der Waals surface area contributed by atoms with E-state index in [4.69, 9.17) is 17.4 Å². The fourth-order valence-electron chi connectivity index (χ4n) is 8.68. The predicted molar refractivity (Wildman–Crippen MR) is 217 cm³/mol. The Balaban J connectivity index is 1.26. The number of aryl methyl sites for hydroxylation is 1. The molecule has 3 aromatic carbocycles. The zero-order valence-electron chi connectivity index (χ0n) is 31.2. The molecule has 280 valence electrons. The Morgan fingerprint density at radius 2 is 1.64 bits per heavy atom. The molecule has 9 heteroatoms. The minimum atomic E-state index is -5.02. The number of hydrogen-bond donors (Lipinski definition) is 1. The van der Waals surface area contributed by atoms with Crippen LogP contribution in [0.25, 0.3) is 33.5 Å². The van der Waals surface area contributed by atoms with Gasteiger partial charge < -0.3 is 9.14 Å². The first-order chi connectivity index (χ1) is 26.8. The van der Waals surface area contributed by atoms with E-state index in [1.807, 2.05) is 30.3 Å². The van der Waals surface area contributed by atoms with Gasteiger partial charge in [-0.2, -0.15) is 41.6 Å². The van der Waals surface area contributed by atoms with Gasteiger partial charge in [0, 0.05) is 33.7 Å². The van der Waals surface area contributed by atoms with Crippen molar-refractivity contribution in [3.63, 3.8) is 0 Å². The number of aromatic nitrogens is 1. The number of halogens is 3. The molecular formula is C47H39F3N4OS. The summed E-state index contributed by atoms with van der Waals surface area (Å²) in [6.45, 7) is 6.53. The number of rotatable bonds is 7. The van der Waals surface area contributed by atoms with Gasteiger partial charge in [-0.1, -0.05) is 110 Å². The summed E-state index contributed by atoms with van der Waals surface area (Å²) in [5, 5.41) is 31.6. The van der Waals surface area contributed by atoms with E-state index in [-0.39, 0.29) is 40.6 Å². The molecule has 1 saturated carbocycles. The molecule has 1 aliphatic heterocycles. The highest BCUT2D eigenvalue weighted by molar-refractivity contribution is 7.81. The lowest BCUT2D eigenvalue weighted by molar-refractivity contribution is -0.250. The molecule has 0 N–H and O–H groups in total. The Kier molecular flexibility index (Phi) is 10.2. The van der Waals surface area contributed by atoms with Gasteiger partial charge in [0.25, 0.3) is 5.60 Å². The van der Waals surface area contributed by atoms with Crippen LogP contribution in [0.2, 0.25) is 0 Å². The van der Waals surface area contributed by atoms with Crippen molar-refractivity contribution < 1.29 is 17.9 Å². The first kappa shape index (κ1) is 38.3. The first-order valence-electron chi connectivity index (χ1n) is 18.5. The molecule has 0 radical (unpaired) electrons. The number of fused-ring (bicyclic) bond motifs is 2. The van der Waals surface area contributed by atoms with Gasteiger partial charge in [-0.25, -0.2) is 0 Å². The highest BCUT2D eigenvalue weighted by Gasteiger charge is 2.65. The number of nitrogens with zero attached hydrogens (tertiary/aromatic N) is 4. The highest BCUT2D eigenvalue weighted by atomic mass is 32.1. The summed E-state index contributed by atoms with van der Waals surface area (Å²) in [6.07, 6.45) is 4.93. The molecule has 7 rings (SSSR count). The Hall–Kier alpha value is -5.95. The van der Waals surface area contributed by atoms with E-state index < -0.39 is 28.7 Å². The second-order valence-electron chi connectivity index (χ2n) is 15.2. The van der Waals surface area contributed by atoms with Crippen LogP contribution >= 0.6 is 12.6 Å². The summed E-state index contributed by atoms with van der Waals surface area (Å²) in [5.74, 6) is -0.637. The van der Waals surface area contributed by atoms with Crippen LogP contribution in [0.4, 0.5) is 13.2 Å². The minimum Gasteiger partial charge on any atom is -0.465 e. The molecule has 5 nitrogen and oxygen atoms in total. The maximum absolute atomic E-state index is 15.3. The van der Waals surface area contributed by atoms with Gasteiger partial charge in [-0.3, -0.25) is 0 Å². The van der Waals surface area contributed by atoms with E-state index >= 15 is 13.2 Å². The Bertz CT molecular complexity index is 2590. The molecule has 5 aromatic rings. The fraction of sp³-hybridized carbons (Fsp3) is 0.255. The quantitative estimate of drug-likeness (QED) is 0.102. The third-order valence-corrected chi connectivity index (χ3v) is 11.8. The number of alkyl halides is 3. The van der Waals surface area contributed by atoms with Gasteiger partial charge in [0.2, 0.25) is 0 Å². The van der Waals surface area contributed by atoms with Crippen LogP contribution < -0.4 is 0 Å². The number of ether oxygens (including phenoxy) is 1. The SMILES string of the molecule is Cc1c(-c2cccc3ccccc23)c(/C=C/C2CC(C)(C)C/C(=C\CCC3=C(C#N)C(=C(C#N)C#N)OC3(c3ccccc3)C(F)(F)F)C2S)n2ccccc12. The lowest BCUT2D eigenvalue weighted by Gasteiger charge is -2.40. The summed E-state index contributed by atoms with van der Waals surface area (Å²) >= 11 is 5.15. The molecule has 2 aliphatic rings. The van der Waals surface area contributed by atoms with Crippen LogP contribution in [-0.2, 0) is 10.3 Å². The summed E-state index contributed by atoms with van der Waals surface area (Å²) < 4.78 is 53.9. The van der Waals surface area contributed by atoms with Gasteiger partial charge in [0.1, 0.15) is 23.8 Å². The molecule has 3 heterocycles. The molecular weight excluding hydrogens is 726 g/mol. The second kappa shape index (κ2) is 14.9. The zero-order chi connectivity index (χ0) is 39.8. The summed E-state index contributed by atoms with van der Waals surface area (Å²) in [6, 6.07) is 33.1. The smallest absolute Gasteiger partial charge is 0.436 e. The normalized spacial score (nSPS) is 21.6. The zero-order valence-corrected chi connectivity index (χ0v) is 32.1. The van der Waals surface area contributed by atoms with Crippen LogP contribution in [0.3, 0.4) is 0 Å². The van der Waals surface area contributed by atoms with Crippen molar-refractivity contribution in [2.24, 2.45) is 11.3 Å². The van der Waals surface area contributed by atoms with Gasteiger partial charge in [-0.15, -0.1) is 0 Å². The summed E-state index contributed by atoms with van der Waals surface area (Å²) in [4.78, 5) is 0. The lowest BCUT2D eigenvalue weighted by Crippen LogP contribution is -2.44. The predicted octanol–water partition coefficient (Wildman–Crippen LogP) is 12.1. The number of allylic oxidation sites excluding steroid dienone is 4. The van der Waals surface area contributed by atoms with Crippen LogP contribution in [0, 0.1) is 52.2 Å². The maximum atomic E-state index is 15.3. The van der Waals surface area contributed by atoms with Crippen LogP contribution in [-0.4, -0.2) is 15.8 Å². The van der Waals surface area contributed by atoms with E-state index in [1.54, 1.807) is 18.2 Å². The number of pyridine rings is 1. The Morgan fingerprint density at radius 1 is 0.946 bits per heavy atom. The van der Waals surface area contributed by atoms with E-state index in [0.717, 1.165) is 39.7 Å². The Labute approximate surface area is 330 Å². The molecule has 0 bridgehead atoms. The number of benzene rings is 3. The van der Waals surface area contributed by atoms with E-state index in [1.165, 1.54) is 35.2 Å². The summed E-state index contributed by atoms with van der Waals surface area (Å²) in [7, 11) is 0. The average molecular weight is 765 g/mol. The maximum Gasteiger partial charge on any atom is 0.436 e. The summed E-state index contributed by atoms with van der Waals surface area (Å²) in [5.41, 5.74) is 1.80. The van der Waals surface area contributed by atoms with Crippen LogP contribution in [0.5, 0.6) is 0 Å². The number of nitriles is 3. The van der Waals surface area contributed by atoms with Crippen molar-refractivity contribution in [1.29, 1.82) is 15.8 Å². The van der Waals surface area contributed by atoms with Crippen LogP contribution in [0.1, 0.15) is 56.4 Å². The van der Waals surface area contributed by atoms with Crippen molar-refractivity contribution >= 4 is 35.0 Å². The fourth-order valence-corrected chi connectivity index (χ4v) is 9.08. The molecule has 3 atom stereocenters. The third kappa shape index (κ3) is 6.59. The van der Waals surface area contributed by atoms with Crippen molar-refractivity contribution in [2.45, 2.75) is 63.5 Å². The average Bonchev–Trinajstić information content (AvgIpc) is 3.67. The van der Waals surface area contributed by atoms with Crippen molar-refractivity contribution in [2.75, 3.05) is 0 Å². The van der Waals surface area contributed by atoms with Crippen molar-refractivity contribution in [3.8, 4) is 29.3 Å². The standard InChI is InChI=1S/C47H39F3N4OS/c1-30-40-21-9-10-24-54(40)41(42(30)37-19-11-14-31-13-7-8-18-36(31)37)23-22-33-26-45(2,3)25-32(44(33)56)15-12-20-39-38(29-53)43(34(27-51)28-52)55-46(39,47(48,49)50)35-16-5-4-6-17-35/h4-11,13-19,21-24,33,44,56H,12,20,25-26H2,1-3H3/b23-22+,32-15+. The van der Waals surface area contributed by atoms with Crippen LogP contribution in [0.15, 0.2) is 137 Å². The largest absolute Gasteiger partial charge is 0.465 e. The Morgan fingerprint density at radius 3 is 2.36 bits per heavy atom. The van der Waals surface area contributed by atoms with Gasteiger partial charge >= 0.3 is 6.18 Å². The topological polar surface area (TPSA) is 85.0 Å². The first-order valence-corrected chi connectivity index (χ1v) is 19.0.